The molecular formula is C13H15N3O3. The van der Waals surface area contributed by atoms with Gasteiger partial charge in [-0.3, -0.25) is 14.5 Å². The van der Waals surface area contributed by atoms with Gasteiger partial charge in [-0.15, -0.1) is 0 Å². The number of nitro groups is 1. The fourth-order valence-electron chi connectivity index (χ4n) is 2.65. The number of nitrogens with zero attached hydrogens (tertiary/aromatic N) is 3. The summed E-state index contributed by atoms with van der Waals surface area (Å²) in [5.41, 5.74) is 2.87. The van der Waals surface area contributed by atoms with E-state index in [9.17, 15) is 10.1 Å². The number of fused-ring (bicyclic) bond motifs is 1. The number of methoxy groups -OCH3 is 1. The first kappa shape index (κ1) is 12.1. The van der Waals surface area contributed by atoms with E-state index in [2.05, 4.69) is 4.98 Å². The molecule has 0 N–H and O–H groups in total. The second kappa shape index (κ2) is 4.31. The van der Waals surface area contributed by atoms with Crippen LogP contribution < -0.4 is 0 Å². The second-order valence-electron chi connectivity index (χ2n) is 4.98. The van der Waals surface area contributed by atoms with E-state index in [1.54, 1.807) is 17.6 Å². The van der Waals surface area contributed by atoms with Crippen molar-refractivity contribution < 1.29 is 9.66 Å². The number of hydrogen-bond donors (Lipinski definition) is 0. The zero-order valence-electron chi connectivity index (χ0n) is 10.9. The molecule has 0 atom stereocenters. The first-order chi connectivity index (χ1) is 9.10. The quantitative estimate of drug-likeness (QED) is 0.628. The summed E-state index contributed by atoms with van der Waals surface area (Å²) in [6, 6.07) is 3.19. The molecule has 0 saturated heterocycles. The summed E-state index contributed by atoms with van der Waals surface area (Å²) in [5.74, 6) is 0.406. The van der Waals surface area contributed by atoms with Crippen LogP contribution in [0.25, 0.3) is 5.65 Å². The van der Waals surface area contributed by atoms with Gasteiger partial charge < -0.3 is 4.74 Å². The highest BCUT2D eigenvalue weighted by atomic mass is 16.6. The maximum absolute atomic E-state index is 10.8. The van der Waals surface area contributed by atoms with Crippen LogP contribution in [0.15, 0.2) is 18.3 Å². The summed E-state index contributed by atoms with van der Waals surface area (Å²) >= 11 is 0. The molecule has 6 heteroatoms. The molecule has 1 aliphatic carbocycles. The van der Waals surface area contributed by atoms with Gasteiger partial charge in [-0.2, -0.15) is 0 Å². The van der Waals surface area contributed by atoms with Crippen LogP contribution in [-0.2, 0) is 4.74 Å². The summed E-state index contributed by atoms with van der Waals surface area (Å²) in [7, 11) is 1.72. The second-order valence-corrected chi connectivity index (χ2v) is 4.98. The summed E-state index contributed by atoms with van der Waals surface area (Å²) in [5, 5.41) is 10.8. The predicted octanol–water partition coefficient (Wildman–Crippen LogP) is 2.44. The summed E-state index contributed by atoms with van der Waals surface area (Å²) < 4.78 is 7.08. The predicted molar refractivity (Wildman–Crippen MR) is 69.4 cm³/mol. The smallest absolute Gasteiger partial charge is 0.286 e. The minimum atomic E-state index is -0.386. The largest absolute Gasteiger partial charge is 0.381 e. The topological polar surface area (TPSA) is 69.7 Å². The fourth-order valence-corrected chi connectivity index (χ4v) is 2.65. The Kier molecular flexibility index (Phi) is 2.74. The number of ether oxygens (including phenoxy) is 1. The van der Waals surface area contributed by atoms with E-state index in [1.165, 1.54) is 12.3 Å². The number of rotatable bonds is 3. The third kappa shape index (κ3) is 1.88. The van der Waals surface area contributed by atoms with Gasteiger partial charge in [0.25, 0.3) is 5.69 Å². The van der Waals surface area contributed by atoms with Gasteiger partial charge >= 0.3 is 0 Å². The van der Waals surface area contributed by atoms with Crippen LogP contribution in [-0.4, -0.2) is 27.5 Å². The van der Waals surface area contributed by atoms with E-state index in [1.807, 2.05) is 6.92 Å². The lowest BCUT2D eigenvalue weighted by atomic mass is 9.79. The van der Waals surface area contributed by atoms with Crippen molar-refractivity contribution in [2.75, 3.05) is 7.11 Å². The molecule has 0 amide bonds. The van der Waals surface area contributed by atoms with E-state index >= 15 is 0 Å². The van der Waals surface area contributed by atoms with Gasteiger partial charge in [0, 0.05) is 24.8 Å². The molecule has 2 aromatic heterocycles. The zero-order chi connectivity index (χ0) is 13.6. The summed E-state index contributed by atoms with van der Waals surface area (Å²) in [4.78, 5) is 15.0. The molecule has 0 radical (unpaired) electrons. The van der Waals surface area contributed by atoms with E-state index in [4.69, 9.17) is 4.74 Å². The van der Waals surface area contributed by atoms with Gasteiger partial charge in [-0.05, 0) is 25.8 Å². The first-order valence-corrected chi connectivity index (χ1v) is 6.26. The molecule has 2 aromatic rings. The van der Waals surface area contributed by atoms with Crippen molar-refractivity contribution in [2.45, 2.75) is 31.8 Å². The molecule has 0 bridgehead atoms. The molecule has 1 aliphatic rings. The molecule has 0 aromatic carbocycles. The van der Waals surface area contributed by atoms with E-state index in [0.717, 1.165) is 29.9 Å². The standard InChI is InChI=1S/C13H15N3O3/c1-8-13(9-5-11(6-9)19-2)14-12-4-3-10(16(17)18)7-15(8)12/h3-4,7,9,11H,5-6H2,1-2H3. The van der Waals surface area contributed by atoms with Crippen molar-refractivity contribution in [3.8, 4) is 0 Å². The third-order valence-electron chi connectivity index (χ3n) is 3.90. The molecule has 1 saturated carbocycles. The molecule has 19 heavy (non-hydrogen) atoms. The lowest BCUT2D eigenvalue weighted by molar-refractivity contribution is -0.385. The van der Waals surface area contributed by atoms with Crippen LogP contribution >= 0.6 is 0 Å². The molecule has 0 spiro atoms. The van der Waals surface area contributed by atoms with Crippen molar-refractivity contribution in [3.05, 3.63) is 39.8 Å². The Morgan fingerprint density at radius 1 is 1.47 bits per heavy atom. The van der Waals surface area contributed by atoms with Crippen molar-refractivity contribution in [2.24, 2.45) is 0 Å². The van der Waals surface area contributed by atoms with Gasteiger partial charge in [0.05, 0.1) is 22.9 Å². The van der Waals surface area contributed by atoms with Crippen molar-refractivity contribution in [3.63, 3.8) is 0 Å². The highest BCUT2D eigenvalue weighted by Gasteiger charge is 2.33. The molecule has 0 aliphatic heterocycles. The maximum Gasteiger partial charge on any atom is 0.286 e. The van der Waals surface area contributed by atoms with Gasteiger partial charge in [-0.25, -0.2) is 4.98 Å². The lowest BCUT2D eigenvalue weighted by Crippen LogP contribution is -2.29. The highest BCUT2D eigenvalue weighted by molar-refractivity contribution is 5.48. The van der Waals surface area contributed by atoms with Gasteiger partial charge in [0.15, 0.2) is 0 Å². The SMILES string of the molecule is COC1CC(c2nc3ccc([N+](=O)[O-])cn3c2C)C1. The number of aryl methyl sites for hydroxylation is 1. The molecule has 1 fully saturated rings. The number of pyridine rings is 1. The molecule has 3 rings (SSSR count). The van der Waals surface area contributed by atoms with E-state index in [0.29, 0.717) is 12.0 Å². The Morgan fingerprint density at radius 3 is 2.84 bits per heavy atom. The van der Waals surface area contributed by atoms with Crippen molar-refractivity contribution in [1.29, 1.82) is 0 Å². The Bertz CT molecular complexity index is 644. The molecular weight excluding hydrogens is 246 g/mol. The van der Waals surface area contributed by atoms with Gasteiger partial charge in [0.2, 0.25) is 0 Å². The Labute approximate surface area is 110 Å². The Morgan fingerprint density at radius 2 is 2.21 bits per heavy atom. The van der Waals surface area contributed by atoms with Gasteiger partial charge in [0.1, 0.15) is 5.65 Å². The van der Waals surface area contributed by atoms with Crippen LogP contribution in [0.3, 0.4) is 0 Å². The summed E-state index contributed by atoms with van der Waals surface area (Å²) in [6.07, 6.45) is 3.81. The maximum atomic E-state index is 10.8. The minimum absolute atomic E-state index is 0.0860. The monoisotopic (exact) mass is 261 g/mol. The number of hydrogen-bond acceptors (Lipinski definition) is 4. The van der Waals surface area contributed by atoms with Crippen LogP contribution in [0, 0.1) is 17.0 Å². The highest BCUT2D eigenvalue weighted by Crippen LogP contribution is 2.39. The number of aromatic nitrogens is 2. The number of imidazole rings is 1. The fraction of sp³-hybridized carbons (Fsp3) is 0.462. The molecule has 2 heterocycles. The van der Waals surface area contributed by atoms with E-state index in [-0.39, 0.29) is 10.6 Å². The van der Waals surface area contributed by atoms with Crippen LogP contribution in [0.2, 0.25) is 0 Å². The normalized spacial score (nSPS) is 22.4. The minimum Gasteiger partial charge on any atom is -0.381 e. The Balaban J connectivity index is 1.99. The van der Waals surface area contributed by atoms with Crippen LogP contribution in [0.4, 0.5) is 5.69 Å². The van der Waals surface area contributed by atoms with Crippen molar-refractivity contribution in [1.82, 2.24) is 9.38 Å². The molecule has 100 valence electrons. The lowest BCUT2D eigenvalue weighted by Gasteiger charge is -2.33. The third-order valence-corrected chi connectivity index (χ3v) is 3.90. The molecule has 6 nitrogen and oxygen atoms in total. The van der Waals surface area contributed by atoms with E-state index < -0.39 is 0 Å². The Hall–Kier alpha value is -1.95. The molecule has 0 unspecified atom stereocenters. The average molecular weight is 261 g/mol. The summed E-state index contributed by atoms with van der Waals surface area (Å²) in [6.45, 7) is 1.96. The average Bonchev–Trinajstić information content (AvgIpc) is 2.65. The van der Waals surface area contributed by atoms with Gasteiger partial charge in [-0.1, -0.05) is 0 Å². The van der Waals surface area contributed by atoms with Crippen LogP contribution in [0.5, 0.6) is 0 Å². The zero-order valence-corrected chi connectivity index (χ0v) is 10.9. The first-order valence-electron chi connectivity index (χ1n) is 6.26. The van der Waals surface area contributed by atoms with Crippen molar-refractivity contribution >= 4 is 11.3 Å². The van der Waals surface area contributed by atoms with Crippen LogP contribution in [0.1, 0.15) is 30.1 Å².